The van der Waals surface area contributed by atoms with E-state index in [1.165, 1.54) is 16.8 Å². The summed E-state index contributed by atoms with van der Waals surface area (Å²) in [6.07, 6.45) is 3.46. The molecule has 0 radical (unpaired) electrons. The molecule has 1 aromatic carbocycles. The van der Waals surface area contributed by atoms with Crippen LogP contribution in [0.5, 0.6) is 0 Å². The largest absolute Gasteiger partial charge is 0.376 e. The number of ether oxygens (including phenoxy) is 1. The van der Waals surface area contributed by atoms with Gasteiger partial charge in [0.25, 0.3) is 5.91 Å². The lowest BCUT2D eigenvalue weighted by Gasteiger charge is -2.31. The zero-order chi connectivity index (χ0) is 16.9. The van der Waals surface area contributed by atoms with Gasteiger partial charge in [0.1, 0.15) is 5.82 Å². The summed E-state index contributed by atoms with van der Waals surface area (Å²) in [6, 6.07) is 6.35. The first-order chi connectivity index (χ1) is 11.6. The molecule has 2 aromatic rings. The molecule has 1 aliphatic heterocycles. The van der Waals surface area contributed by atoms with Crippen LogP contribution in [0.1, 0.15) is 28.9 Å². The van der Waals surface area contributed by atoms with Crippen molar-refractivity contribution in [3.8, 4) is 0 Å². The first-order valence-electron chi connectivity index (χ1n) is 8.09. The Morgan fingerprint density at radius 2 is 2.00 bits per heavy atom. The van der Waals surface area contributed by atoms with Crippen molar-refractivity contribution >= 4 is 5.91 Å². The highest BCUT2D eigenvalue weighted by Gasteiger charge is 2.25. The summed E-state index contributed by atoms with van der Waals surface area (Å²) >= 11 is 0. The van der Waals surface area contributed by atoms with Crippen molar-refractivity contribution in [3.63, 3.8) is 0 Å². The fraction of sp³-hybridized carbons (Fsp3) is 0.471. The second-order valence-corrected chi connectivity index (χ2v) is 6.15. The van der Waals surface area contributed by atoms with Gasteiger partial charge in [-0.2, -0.15) is 0 Å². The fourth-order valence-corrected chi connectivity index (χ4v) is 2.83. The number of hydrogen-bond acceptors (Lipinski definition) is 4. The number of nitrogens with zero attached hydrogens (tertiary/aromatic N) is 4. The van der Waals surface area contributed by atoms with Gasteiger partial charge < -0.3 is 9.64 Å². The van der Waals surface area contributed by atoms with E-state index in [0.717, 1.165) is 18.4 Å². The number of aromatic nitrogens is 3. The van der Waals surface area contributed by atoms with E-state index in [4.69, 9.17) is 4.74 Å². The molecule has 0 bridgehead atoms. The standard InChI is InChI=1S/C17H21FN4O2/c1-21-10-16(19-20-21)17(23)22-8-6-14(7-9-22)12-24-11-13-2-4-15(18)5-3-13/h2-5,10,14H,6-9,11-12H2,1H3. The van der Waals surface area contributed by atoms with Gasteiger partial charge in [-0.15, -0.1) is 5.10 Å². The van der Waals surface area contributed by atoms with Crippen molar-refractivity contribution in [3.05, 3.63) is 47.5 Å². The van der Waals surface area contributed by atoms with E-state index in [1.807, 2.05) is 4.90 Å². The fourth-order valence-electron chi connectivity index (χ4n) is 2.83. The average Bonchev–Trinajstić information content (AvgIpc) is 3.03. The van der Waals surface area contributed by atoms with E-state index in [0.29, 0.717) is 37.9 Å². The summed E-state index contributed by atoms with van der Waals surface area (Å²) in [5.41, 5.74) is 1.36. The summed E-state index contributed by atoms with van der Waals surface area (Å²) in [5, 5.41) is 7.67. The average molecular weight is 332 g/mol. The minimum Gasteiger partial charge on any atom is -0.376 e. The second-order valence-electron chi connectivity index (χ2n) is 6.15. The van der Waals surface area contributed by atoms with Crippen LogP contribution in [0.2, 0.25) is 0 Å². The SMILES string of the molecule is Cn1cc(C(=O)N2CCC(COCc3ccc(F)cc3)CC2)nn1. The molecule has 1 fully saturated rings. The van der Waals surface area contributed by atoms with Crippen LogP contribution < -0.4 is 0 Å². The van der Waals surface area contributed by atoms with E-state index in [9.17, 15) is 9.18 Å². The van der Waals surface area contributed by atoms with Crippen LogP contribution in [0.25, 0.3) is 0 Å². The van der Waals surface area contributed by atoms with Crippen LogP contribution in [0.3, 0.4) is 0 Å². The Kier molecular flexibility index (Phi) is 5.20. The molecule has 0 aliphatic carbocycles. The lowest BCUT2D eigenvalue weighted by atomic mass is 9.97. The first kappa shape index (κ1) is 16.6. The lowest BCUT2D eigenvalue weighted by Crippen LogP contribution is -2.39. The smallest absolute Gasteiger partial charge is 0.276 e. The van der Waals surface area contributed by atoms with Gasteiger partial charge in [0.15, 0.2) is 5.69 Å². The molecule has 0 unspecified atom stereocenters. The van der Waals surface area contributed by atoms with E-state index in [-0.39, 0.29) is 11.7 Å². The molecule has 0 N–H and O–H groups in total. The Bertz CT molecular complexity index is 678. The molecule has 7 heteroatoms. The van der Waals surface area contributed by atoms with Gasteiger partial charge in [0.2, 0.25) is 0 Å². The maximum atomic E-state index is 12.8. The quantitative estimate of drug-likeness (QED) is 0.840. The summed E-state index contributed by atoms with van der Waals surface area (Å²) in [4.78, 5) is 14.1. The highest BCUT2D eigenvalue weighted by Crippen LogP contribution is 2.19. The topological polar surface area (TPSA) is 60.2 Å². The number of rotatable bonds is 5. The van der Waals surface area contributed by atoms with Gasteiger partial charge in [-0.3, -0.25) is 9.48 Å². The Morgan fingerprint density at radius 1 is 1.29 bits per heavy atom. The monoisotopic (exact) mass is 332 g/mol. The van der Waals surface area contributed by atoms with Gasteiger partial charge >= 0.3 is 0 Å². The van der Waals surface area contributed by atoms with E-state index >= 15 is 0 Å². The van der Waals surface area contributed by atoms with Crippen LogP contribution >= 0.6 is 0 Å². The lowest BCUT2D eigenvalue weighted by molar-refractivity contribution is 0.0475. The minimum absolute atomic E-state index is 0.0613. The maximum absolute atomic E-state index is 12.8. The third kappa shape index (κ3) is 4.17. The van der Waals surface area contributed by atoms with Crippen LogP contribution in [0, 0.1) is 11.7 Å². The van der Waals surface area contributed by atoms with Crippen LogP contribution in [-0.2, 0) is 18.4 Å². The first-order valence-corrected chi connectivity index (χ1v) is 8.09. The predicted molar refractivity (Wildman–Crippen MR) is 85.7 cm³/mol. The number of carbonyl (C=O) groups is 1. The zero-order valence-corrected chi connectivity index (χ0v) is 13.7. The number of halogens is 1. The molecule has 3 rings (SSSR count). The molecule has 1 amide bonds. The molecule has 1 aliphatic rings. The Hall–Kier alpha value is -2.28. The summed E-state index contributed by atoms with van der Waals surface area (Å²) in [5.74, 6) is 0.143. The second kappa shape index (κ2) is 7.53. The predicted octanol–water partition coefficient (Wildman–Crippen LogP) is 2.02. The van der Waals surface area contributed by atoms with E-state index < -0.39 is 0 Å². The Labute approximate surface area is 140 Å². The van der Waals surface area contributed by atoms with Crippen LogP contribution in [0.15, 0.2) is 30.5 Å². The van der Waals surface area contributed by atoms with Gasteiger partial charge in [0, 0.05) is 26.7 Å². The number of piperidine rings is 1. The number of amides is 1. The van der Waals surface area contributed by atoms with Crippen molar-refractivity contribution < 1.29 is 13.9 Å². The van der Waals surface area contributed by atoms with Crippen LogP contribution in [-0.4, -0.2) is 45.5 Å². The number of carbonyl (C=O) groups excluding carboxylic acids is 1. The summed E-state index contributed by atoms with van der Waals surface area (Å²) in [7, 11) is 1.74. The Morgan fingerprint density at radius 3 is 2.62 bits per heavy atom. The molecule has 0 saturated carbocycles. The van der Waals surface area contributed by atoms with Crippen molar-refractivity contribution in [2.75, 3.05) is 19.7 Å². The number of hydrogen-bond donors (Lipinski definition) is 0. The Balaban J connectivity index is 1.40. The molecule has 128 valence electrons. The maximum Gasteiger partial charge on any atom is 0.276 e. The zero-order valence-electron chi connectivity index (χ0n) is 13.7. The summed E-state index contributed by atoms with van der Waals surface area (Å²) in [6.45, 7) is 2.56. The van der Waals surface area contributed by atoms with Gasteiger partial charge in [-0.1, -0.05) is 17.3 Å². The number of likely N-dealkylation sites (tertiary alicyclic amines) is 1. The summed E-state index contributed by atoms with van der Waals surface area (Å²) < 4.78 is 20.1. The van der Waals surface area contributed by atoms with Crippen molar-refractivity contribution in [2.24, 2.45) is 13.0 Å². The van der Waals surface area contributed by atoms with Gasteiger partial charge in [-0.05, 0) is 36.5 Å². The van der Waals surface area contributed by atoms with Crippen molar-refractivity contribution in [2.45, 2.75) is 19.4 Å². The van der Waals surface area contributed by atoms with Crippen LogP contribution in [0.4, 0.5) is 4.39 Å². The minimum atomic E-state index is -0.237. The van der Waals surface area contributed by atoms with Crippen molar-refractivity contribution in [1.29, 1.82) is 0 Å². The van der Waals surface area contributed by atoms with E-state index in [2.05, 4.69) is 10.3 Å². The third-order valence-electron chi connectivity index (χ3n) is 4.26. The molecule has 0 atom stereocenters. The third-order valence-corrected chi connectivity index (χ3v) is 4.26. The molecular weight excluding hydrogens is 311 g/mol. The highest BCUT2D eigenvalue weighted by atomic mass is 19.1. The molecule has 1 aromatic heterocycles. The molecule has 1 saturated heterocycles. The highest BCUT2D eigenvalue weighted by molar-refractivity contribution is 5.91. The van der Waals surface area contributed by atoms with E-state index in [1.54, 1.807) is 25.4 Å². The number of benzene rings is 1. The number of aryl methyl sites for hydroxylation is 1. The molecule has 0 spiro atoms. The molecule has 2 heterocycles. The van der Waals surface area contributed by atoms with Gasteiger partial charge in [0.05, 0.1) is 12.8 Å². The molecular formula is C17H21FN4O2. The molecule has 6 nitrogen and oxygen atoms in total. The normalized spacial score (nSPS) is 15.7. The van der Waals surface area contributed by atoms with Crippen molar-refractivity contribution in [1.82, 2.24) is 19.9 Å². The van der Waals surface area contributed by atoms with Gasteiger partial charge in [-0.25, -0.2) is 4.39 Å². The molecule has 24 heavy (non-hydrogen) atoms.